The number of amides is 2. The Hall–Kier alpha value is -1.98. The van der Waals surface area contributed by atoms with Crippen molar-refractivity contribution in [3.8, 4) is 0 Å². The van der Waals surface area contributed by atoms with Crippen LogP contribution in [0, 0.1) is 6.92 Å². The van der Waals surface area contributed by atoms with Crippen LogP contribution < -0.4 is 0 Å². The smallest absolute Gasteiger partial charge is 0.410 e. The highest BCUT2D eigenvalue weighted by atomic mass is 16.6. The van der Waals surface area contributed by atoms with E-state index in [-0.39, 0.29) is 17.9 Å². The van der Waals surface area contributed by atoms with Crippen molar-refractivity contribution in [3.05, 3.63) is 23.2 Å². The highest BCUT2D eigenvalue weighted by Crippen LogP contribution is 2.33. The van der Waals surface area contributed by atoms with E-state index < -0.39 is 5.60 Å². The van der Waals surface area contributed by atoms with Gasteiger partial charge in [0.15, 0.2) is 5.60 Å². The summed E-state index contributed by atoms with van der Waals surface area (Å²) in [5.41, 5.74) is 0.0680. The zero-order chi connectivity index (χ0) is 16.1. The van der Waals surface area contributed by atoms with Crippen LogP contribution in [-0.2, 0) is 4.74 Å². The monoisotopic (exact) mass is 306 g/mol. The Morgan fingerprint density at radius 1 is 1.36 bits per heavy atom. The molecule has 1 atom stereocenters. The van der Waals surface area contributed by atoms with Crippen LogP contribution in [0.15, 0.2) is 10.5 Å². The highest BCUT2D eigenvalue weighted by molar-refractivity contribution is 5.95. The molecule has 2 fully saturated rings. The molecule has 1 aromatic heterocycles. The van der Waals surface area contributed by atoms with Crippen molar-refractivity contribution in [2.75, 3.05) is 26.7 Å². The molecule has 0 radical (unpaired) electrons. The molecule has 6 nitrogen and oxygen atoms in total. The number of carbonyl (C=O) groups excluding carboxylic acids is 2. The van der Waals surface area contributed by atoms with Gasteiger partial charge >= 0.3 is 6.09 Å². The lowest BCUT2D eigenvalue weighted by Gasteiger charge is -2.21. The number of likely N-dealkylation sites (tertiary alicyclic amines) is 1. The molecule has 0 N–H and O–H groups in total. The summed E-state index contributed by atoms with van der Waals surface area (Å²) in [6, 6.07) is 1.83. The van der Waals surface area contributed by atoms with Crippen LogP contribution in [0.2, 0.25) is 0 Å². The van der Waals surface area contributed by atoms with Crippen LogP contribution >= 0.6 is 0 Å². The second kappa shape index (κ2) is 5.04. The molecule has 3 heterocycles. The molecule has 3 rings (SSSR count). The number of rotatable bonds is 2. The Balaban J connectivity index is 1.76. The summed E-state index contributed by atoms with van der Waals surface area (Å²) >= 11 is 0. The third-order valence-corrected chi connectivity index (χ3v) is 4.48. The second-order valence-corrected chi connectivity index (χ2v) is 6.66. The third kappa shape index (κ3) is 2.36. The molecule has 2 amide bonds. The summed E-state index contributed by atoms with van der Waals surface area (Å²) in [6.07, 6.45) is 0.374. The minimum absolute atomic E-state index is 0.0457. The number of furan rings is 1. The molecule has 1 aromatic rings. The molecule has 0 unspecified atom stereocenters. The fraction of sp³-hybridized carbons (Fsp3) is 0.625. The first-order valence-corrected chi connectivity index (χ1v) is 7.65. The molecule has 2 saturated heterocycles. The number of likely N-dealkylation sites (N-methyl/N-ethyl adjacent to an activating group) is 1. The molecule has 0 bridgehead atoms. The van der Waals surface area contributed by atoms with Crippen LogP contribution in [0.4, 0.5) is 4.79 Å². The molecular weight excluding hydrogens is 284 g/mol. The maximum absolute atomic E-state index is 12.7. The summed E-state index contributed by atoms with van der Waals surface area (Å²) in [5.74, 6) is 1.67. The van der Waals surface area contributed by atoms with Gasteiger partial charge in [-0.15, -0.1) is 0 Å². The predicted octanol–water partition coefficient (Wildman–Crippen LogP) is 2.38. The van der Waals surface area contributed by atoms with E-state index in [2.05, 4.69) is 0 Å². The van der Waals surface area contributed by atoms with E-state index in [0.29, 0.717) is 37.4 Å². The summed E-state index contributed by atoms with van der Waals surface area (Å²) in [6.45, 7) is 7.47. The maximum Gasteiger partial charge on any atom is 0.410 e. The highest BCUT2D eigenvalue weighted by Gasteiger charge is 2.49. The number of ether oxygens (including phenoxy) is 1. The molecular formula is C16H22N2O4. The van der Waals surface area contributed by atoms with Crippen LogP contribution in [0.1, 0.15) is 48.1 Å². The van der Waals surface area contributed by atoms with Gasteiger partial charge in [-0.25, -0.2) is 4.79 Å². The standard InChI is InChI=1S/C16H22N2O4/c1-10(2)13-7-12(11(3)21-13)14(19)18-6-5-16(9-18)8-17(4)15(20)22-16/h7,10H,5-6,8-9H2,1-4H3/t16-/m0/s1. The second-order valence-electron chi connectivity index (χ2n) is 6.66. The van der Waals surface area contributed by atoms with Crippen molar-refractivity contribution < 1.29 is 18.7 Å². The van der Waals surface area contributed by atoms with Crippen LogP contribution in [-0.4, -0.2) is 54.1 Å². The van der Waals surface area contributed by atoms with Gasteiger partial charge in [-0.2, -0.15) is 0 Å². The molecule has 6 heteroatoms. The number of aryl methyl sites for hydroxylation is 1. The van der Waals surface area contributed by atoms with E-state index >= 15 is 0 Å². The average Bonchev–Trinajstić information content (AvgIpc) is 3.09. The van der Waals surface area contributed by atoms with Gasteiger partial charge in [-0.05, 0) is 13.0 Å². The molecule has 2 aliphatic heterocycles. The average molecular weight is 306 g/mol. The van der Waals surface area contributed by atoms with E-state index in [1.54, 1.807) is 16.8 Å². The summed E-state index contributed by atoms with van der Waals surface area (Å²) in [4.78, 5) is 27.6. The van der Waals surface area contributed by atoms with Gasteiger partial charge in [0, 0.05) is 25.9 Å². The number of hydrogen-bond acceptors (Lipinski definition) is 4. The van der Waals surface area contributed by atoms with Gasteiger partial charge in [0.2, 0.25) is 0 Å². The van der Waals surface area contributed by atoms with Crippen LogP contribution in [0.25, 0.3) is 0 Å². The maximum atomic E-state index is 12.7. The van der Waals surface area contributed by atoms with Gasteiger partial charge in [0.1, 0.15) is 11.5 Å². The summed E-state index contributed by atoms with van der Waals surface area (Å²) < 4.78 is 11.1. The first-order valence-electron chi connectivity index (χ1n) is 7.65. The van der Waals surface area contributed by atoms with Gasteiger partial charge in [0.25, 0.3) is 5.91 Å². The fourth-order valence-corrected chi connectivity index (χ4v) is 3.19. The van der Waals surface area contributed by atoms with Gasteiger partial charge in [-0.1, -0.05) is 13.8 Å². The van der Waals surface area contributed by atoms with Crippen molar-refractivity contribution in [1.82, 2.24) is 9.80 Å². The molecule has 0 saturated carbocycles. The van der Waals surface area contributed by atoms with Crippen LogP contribution in [0.3, 0.4) is 0 Å². The van der Waals surface area contributed by atoms with Gasteiger partial charge < -0.3 is 19.0 Å². The van der Waals surface area contributed by atoms with E-state index in [1.807, 2.05) is 26.8 Å². The van der Waals surface area contributed by atoms with Crippen molar-refractivity contribution in [2.45, 2.75) is 38.7 Å². The van der Waals surface area contributed by atoms with E-state index in [4.69, 9.17) is 9.15 Å². The van der Waals surface area contributed by atoms with Crippen molar-refractivity contribution >= 4 is 12.0 Å². The minimum atomic E-state index is -0.542. The molecule has 0 aliphatic carbocycles. The number of nitrogens with zero attached hydrogens (tertiary/aromatic N) is 2. The summed E-state index contributed by atoms with van der Waals surface area (Å²) in [7, 11) is 1.72. The van der Waals surface area contributed by atoms with Crippen molar-refractivity contribution in [2.24, 2.45) is 0 Å². The Morgan fingerprint density at radius 2 is 2.09 bits per heavy atom. The topological polar surface area (TPSA) is 63.0 Å². The number of hydrogen-bond donors (Lipinski definition) is 0. The SMILES string of the molecule is Cc1oc(C(C)C)cc1C(=O)N1CC[C@]2(CN(C)C(=O)O2)C1. The summed E-state index contributed by atoms with van der Waals surface area (Å²) in [5, 5.41) is 0. The van der Waals surface area contributed by atoms with E-state index in [0.717, 1.165) is 5.76 Å². The van der Waals surface area contributed by atoms with E-state index in [1.165, 1.54) is 0 Å². The van der Waals surface area contributed by atoms with Crippen molar-refractivity contribution in [1.29, 1.82) is 0 Å². The largest absolute Gasteiger partial charge is 0.465 e. The normalized spacial score (nSPS) is 24.7. The lowest BCUT2D eigenvalue weighted by molar-refractivity contribution is 0.0552. The Morgan fingerprint density at radius 3 is 2.64 bits per heavy atom. The molecule has 120 valence electrons. The van der Waals surface area contributed by atoms with E-state index in [9.17, 15) is 9.59 Å². The Labute approximate surface area is 130 Å². The zero-order valence-electron chi connectivity index (χ0n) is 13.5. The molecule has 0 aromatic carbocycles. The number of carbonyl (C=O) groups is 2. The predicted molar refractivity (Wildman–Crippen MR) is 79.9 cm³/mol. The lowest BCUT2D eigenvalue weighted by Crippen LogP contribution is -2.39. The van der Waals surface area contributed by atoms with Crippen molar-refractivity contribution in [3.63, 3.8) is 0 Å². The quantitative estimate of drug-likeness (QED) is 0.841. The first kappa shape index (κ1) is 14.9. The molecule has 22 heavy (non-hydrogen) atoms. The lowest BCUT2D eigenvalue weighted by atomic mass is 10.0. The van der Waals surface area contributed by atoms with Gasteiger partial charge in [0.05, 0.1) is 18.7 Å². The zero-order valence-corrected chi connectivity index (χ0v) is 13.5. The Kier molecular flexibility index (Phi) is 3.42. The molecule has 2 aliphatic rings. The van der Waals surface area contributed by atoms with Crippen LogP contribution in [0.5, 0.6) is 0 Å². The fourth-order valence-electron chi connectivity index (χ4n) is 3.19. The third-order valence-electron chi connectivity index (χ3n) is 4.48. The first-order chi connectivity index (χ1) is 10.3. The molecule has 1 spiro atoms. The van der Waals surface area contributed by atoms with Gasteiger partial charge in [-0.3, -0.25) is 4.79 Å². The Bertz CT molecular complexity index is 622. The minimum Gasteiger partial charge on any atom is -0.465 e.